The summed E-state index contributed by atoms with van der Waals surface area (Å²) in [4.78, 5) is 5.90. The molecule has 0 bridgehead atoms. The summed E-state index contributed by atoms with van der Waals surface area (Å²) >= 11 is 5.17. The Labute approximate surface area is 170 Å². The van der Waals surface area contributed by atoms with E-state index in [9.17, 15) is 0 Å². The number of rotatable bonds is 7. The first-order valence-electron chi connectivity index (χ1n) is 8.69. The van der Waals surface area contributed by atoms with Gasteiger partial charge in [-0.1, -0.05) is 39.4 Å². The van der Waals surface area contributed by atoms with Crippen LogP contribution in [-0.2, 0) is 4.74 Å². The summed E-state index contributed by atoms with van der Waals surface area (Å²) in [6.45, 7) is 1.54. The van der Waals surface area contributed by atoms with Crippen molar-refractivity contribution in [2.75, 3.05) is 32.7 Å². The lowest BCUT2D eigenvalue weighted by Gasteiger charge is -2.09. The lowest BCUT2D eigenvalue weighted by atomic mass is 10.1. The molecule has 0 unspecified atom stereocenters. The predicted octanol–water partition coefficient (Wildman–Crippen LogP) is 5.44. The van der Waals surface area contributed by atoms with E-state index in [1.54, 1.807) is 25.6 Å². The molecule has 2 aromatic heterocycles. The van der Waals surface area contributed by atoms with Crippen LogP contribution < -0.4 is 10.1 Å². The van der Waals surface area contributed by atoms with Gasteiger partial charge in [0.1, 0.15) is 17.3 Å². The number of hydrogen-bond acceptors (Lipinski definition) is 5. The summed E-state index contributed by atoms with van der Waals surface area (Å²) in [6, 6.07) is 14.4. The molecule has 0 aliphatic carbocycles. The van der Waals surface area contributed by atoms with Gasteiger partial charge in [0.25, 0.3) is 0 Å². The number of hydrogen-bond donors (Lipinski definition) is 1. The number of anilines is 1. The molecule has 7 heteroatoms. The van der Waals surface area contributed by atoms with Crippen LogP contribution in [0.4, 0.5) is 5.82 Å². The van der Waals surface area contributed by atoms with Crippen LogP contribution in [-0.4, -0.2) is 36.8 Å². The van der Waals surface area contributed by atoms with Gasteiger partial charge in [-0.3, -0.25) is 4.40 Å². The zero-order chi connectivity index (χ0) is 18.8. The van der Waals surface area contributed by atoms with Crippen LogP contribution in [0, 0.1) is 0 Å². The Morgan fingerprint density at radius 2 is 1.96 bits per heavy atom. The highest BCUT2D eigenvalue weighted by Crippen LogP contribution is 2.37. The van der Waals surface area contributed by atoms with E-state index in [4.69, 9.17) is 14.5 Å². The van der Waals surface area contributed by atoms with E-state index in [0.29, 0.717) is 0 Å². The predicted molar refractivity (Wildman–Crippen MR) is 115 cm³/mol. The van der Waals surface area contributed by atoms with E-state index >= 15 is 0 Å². The molecule has 2 aromatic carbocycles. The van der Waals surface area contributed by atoms with Crippen molar-refractivity contribution in [3.8, 4) is 17.0 Å². The molecule has 2 heterocycles. The van der Waals surface area contributed by atoms with E-state index in [0.717, 1.165) is 62.0 Å². The fourth-order valence-electron chi connectivity index (χ4n) is 3.07. The summed E-state index contributed by atoms with van der Waals surface area (Å²) in [7, 11) is 3.42. The summed E-state index contributed by atoms with van der Waals surface area (Å²) in [5.41, 5.74) is 3.18. The molecule has 0 fully saturated rings. The number of halogens is 1. The molecule has 1 N–H and O–H groups in total. The second-order valence-electron chi connectivity index (χ2n) is 6.14. The standard InChI is InChI=1S/C20H20BrN3O2S/c1-25-11-3-10-22-19-18(13-4-6-14(21)7-5-13)23-20-24(19)16-9-8-15(26-2)12-17(16)27-20/h4-9,12,22H,3,10-11H2,1-2H3. The van der Waals surface area contributed by atoms with Crippen molar-refractivity contribution in [3.63, 3.8) is 0 Å². The molecule has 0 radical (unpaired) electrons. The minimum absolute atomic E-state index is 0.726. The number of fused-ring (bicyclic) bond motifs is 3. The first-order chi connectivity index (χ1) is 13.2. The first-order valence-corrected chi connectivity index (χ1v) is 10.3. The smallest absolute Gasteiger partial charge is 0.197 e. The molecule has 0 spiro atoms. The monoisotopic (exact) mass is 445 g/mol. The Balaban J connectivity index is 1.84. The minimum Gasteiger partial charge on any atom is -0.497 e. The van der Waals surface area contributed by atoms with Crippen LogP contribution >= 0.6 is 27.3 Å². The van der Waals surface area contributed by atoms with Crippen molar-refractivity contribution >= 4 is 48.3 Å². The Kier molecular flexibility index (Phi) is 5.33. The van der Waals surface area contributed by atoms with Crippen LogP contribution in [0.3, 0.4) is 0 Å². The Morgan fingerprint density at radius 1 is 1.15 bits per heavy atom. The van der Waals surface area contributed by atoms with Gasteiger partial charge in [0.05, 0.1) is 17.3 Å². The van der Waals surface area contributed by atoms with Gasteiger partial charge in [0.15, 0.2) is 4.96 Å². The maximum absolute atomic E-state index is 5.36. The average Bonchev–Trinajstić information content (AvgIpc) is 3.21. The number of ether oxygens (including phenoxy) is 2. The molecule has 4 rings (SSSR count). The number of methoxy groups -OCH3 is 2. The van der Waals surface area contributed by atoms with Crippen molar-refractivity contribution in [3.05, 3.63) is 46.9 Å². The van der Waals surface area contributed by atoms with Crippen LogP contribution in [0.1, 0.15) is 6.42 Å². The molecule has 5 nitrogen and oxygen atoms in total. The largest absolute Gasteiger partial charge is 0.497 e. The molecular formula is C20H20BrN3O2S. The van der Waals surface area contributed by atoms with Gasteiger partial charge in [-0.05, 0) is 36.8 Å². The molecule has 4 aromatic rings. The van der Waals surface area contributed by atoms with E-state index < -0.39 is 0 Å². The molecule has 27 heavy (non-hydrogen) atoms. The van der Waals surface area contributed by atoms with Crippen molar-refractivity contribution < 1.29 is 9.47 Å². The number of benzene rings is 2. The van der Waals surface area contributed by atoms with Gasteiger partial charge in [0.2, 0.25) is 0 Å². The van der Waals surface area contributed by atoms with E-state index in [1.807, 2.05) is 18.2 Å². The Bertz CT molecular complexity index is 1070. The molecule has 0 saturated heterocycles. The third kappa shape index (κ3) is 3.54. The maximum Gasteiger partial charge on any atom is 0.197 e. The highest BCUT2D eigenvalue weighted by molar-refractivity contribution is 9.10. The number of imidazole rings is 1. The fourth-order valence-corrected chi connectivity index (χ4v) is 4.39. The van der Waals surface area contributed by atoms with Gasteiger partial charge in [0, 0.05) is 30.3 Å². The number of nitrogens with zero attached hydrogens (tertiary/aromatic N) is 2. The minimum atomic E-state index is 0.726. The van der Waals surface area contributed by atoms with Gasteiger partial charge in [-0.25, -0.2) is 4.98 Å². The maximum atomic E-state index is 5.36. The molecular weight excluding hydrogens is 426 g/mol. The molecule has 140 valence electrons. The number of thiazole rings is 1. The van der Waals surface area contributed by atoms with Gasteiger partial charge in [-0.15, -0.1) is 0 Å². The second kappa shape index (κ2) is 7.88. The molecule has 0 atom stereocenters. The molecule has 0 aliphatic heterocycles. The fraction of sp³-hybridized carbons (Fsp3) is 0.250. The second-order valence-corrected chi connectivity index (χ2v) is 8.07. The first kappa shape index (κ1) is 18.3. The van der Waals surface area contributed by atoms with Gasteiger partial charge >= 0.3 is 0 Å². The van der Waals surface area contributed by atoms with Crippen LogP contribution in [0.25, 0.3) is 26.4 Å². The topological polar surface area (TPSA) is 47.8 Å². The van der Waals surface area contributed by atoms with Crippen LogP contribution in [0.15, 0.2) is 46.9 Å². The third-order valence-electron chi connectivity index (χ3n) is 4.39. The lowest BCUT2D eigenvalue weighted by Crippen LogP contribution is -2.07. The van der Waals surface area contributed by atoms with Crippen molar-refractivity contribution in [1.82, 2.24) is 9.38 Å². The van der Waals surface area contributed by atoms with E-state index in [-0.39, 0.29) is 0 Å². The van der Waals surface area contributed by atoms with Crippen molar-refractivity contribution in [2.24, 2.45) is 0 Å². The SMILES string of the molecule is COCCCNc1c(-c2ccc(Br)cc2)nc2sc3cc(OC)ccc3n12. The van der Waals surface area contributed by atoms with Crippen LogP contribution in [0.5, 0.6) is 5.75 Å². The lowest BCUT2D eigenvalue weighted by molar-refractivity contribution is 0.198. The van der Waals surface area contributed by atoms with Crippen molar-refractivity contribution in [2.45, 2.75) is 6.42 Å². The quantitative estimate of drug-likeness (QED) is 0.385. The molecule has 0 aliphatic rings. The zero-order valence-electron chi connectivity index (χ0n) is 15.2. The number of aromatic nitrogens is 2. The van der Waals surface area contributed by atoms with Gasteiger partial charge < -0.3 is 14.8 Å². The summed E-state index contributed by atoms with van der Waals surface area (Å²) in [5.74, 6) is 1.87. The summed E-state index contributed by atoms with van der Waals surface area (Å²) in [5, 5.41) is 3.58. The summed E-state index contributed by atoms with van der Waals surface area (Å²) in [6.07, 6.45) is 0.930. The Morgan fingerprint density at radius 3 is 2.70 bits per heavy atom. The van der Waals surface area contributed by atoms with Crippen LogP contribution in [0.2, 0.25) is 0 Å². The highest BCUT2D eigenvalue weighted by atomic mass is 79.9. The van der Waals surface area contributed by atoms with Crippen molar-refractivity contribution in [1.29, 1.82) is 0 Å². The summed E-state index contributed by atoms with van der Waals surface area (Å²) < 4.78 is 14.9. The molecule has 0 saturated carbocycles. The van der Waals surface area contributed by atoms with Gasteiger partial charge in [-0.2, -0.15) is 0 Å². The van der Waals surface area contributed by atoms with E-state index in [1.165, 1.54) is 0 Å². The normalized spacial score (nSPS) is 11.4. The average molecular weight is 446 g/mol. The third-order valence-corrected chi connectivity index (χ3v) is 5.92. The zero-order valence-corrected chi connectivity index (χ0v) is 17.6. The Hall–Kier alpha value is -2.09. The highest BCUT2D eigenvalue weighted by Gasteiger charge is 2.18. The molecule has 0 amide bonds. The van der Waals surface area contributed by atoms with E-state index in [2.05, 4.69) is 49.9 Å². The number of nitrogens with one attached hydrogen (secondary N) is 1.